The minimum atomic E-state index is -1.05. The summed E-state index contributed by atoms with van der Waals surface area (Å²) >= 11 is 0. The van der Waals surface area contributed by atoms with Crippen molar-refractivity contribution < 1.29 is 24.6 Å². The number of likely N-dealkylation sites (N-methyl/N-ethyl adjacent to an activating group) is 2. The fraction of sp³-hybridized carbons (Fsp3) is 0.769. The first-order valence-corrected chi connectivity index (χ1v) is 6.85. The summed E-state index contributed by atoms with van der Waals surface area (Å²) in [6, 6.07) is -1.25. The van der Waals surface area contributed by atoms with Crippen LogP contribution in [0, 0.1) is 5.92 Å². The van der Waals surface area contributed by atoms with Crippen molar-refractivity contribution in [3.05, 3.63) is 0 Å². The van der Waals surface area contributed by atoms with Crippen LogP contribution in [0.2, 0.25) is 0 Å². The van der Waals surface area contributed by atoms with Gasteiger partial charge in [0.05, 0.1) is 6.42 Å². The molecule has 0 aromatic heterocycles. The number of carbonyl (C=O) groups is 3. The monoisotopic (exact) mass is 305 g/mol. The van der Waals surface area contributed by atoms with E-state index in [2.05, 4.69) is 10.6 Å². The zero-order chi connectivity index (χ0) is 17.0. The number of nitrogens with one attached hydrogen (secondary N) is 2. The zero-order valence-electron chi connectivity index (χ0n) is 13.0. The molecule has 8 nitrogen and oxygen atoms in total. The second-order valence-corrected chi connectivity index (χ2v) is 4.61. The molecule has 0 unspecified atom stereocenters. The molecular weight excluding hydrogens is 278 g/mol. The molecule has 1 amide bonds. The first-order valence-electron chi connectivity index (χ1n) is 6.85. The molecule has 0 heterocycles. The van der Waals surface area contributed by atoms with Gasteiger partial charge in [-0.15, -0.1) is 0 Å². The molecule has 8 heteroatoms. The van der Waals surface area contributed by atoms with Crippen molar-refractivity contribution in [1.29, 1.82) is 0 Å². The number of hydrogen-bond acceptors (Lipinski definition) is 5. The Balaban J connectivity index is 0. The van der Waals surface area contributed by atoms with Gasteiger partial charge in [0.2, 0.25) is 5.91 Å². The van der Waals surface area contributed by atoms with Crippen molar-refractivity contribution in [3.8, 4) is 0 Å². The van der Waals surface area contributed by atoms with E-state index >= 15 is 0 Å². The standard InChI is InChI=1S/C7H15NO2.C6H12N2O3/c1-4-5(2)6(8-3)7(9)10;1-2-8-4(6(10)11)3-5(7)9/h5-6,8H,4H2,1-3H3,(H,9,10);4,8H,2-3H2,1H3,(H2,7,9)(H,10,11)/t5-,6-;4-/m00/s1. The molecule has 124 valence electrons. The van der Waals surface area contributed by atoms with Crippen molar-refractivity contribution in [2.75, 3.05) is 13.6 Å². The predicted octanol–water partition coefficient (Wildman–Crippen LogP) is -0.370. The van der Waals surface area contributed by atoms with Crippen LogP contribution in [0.4, 0.5) is 0 Å². The third kappa shape index (κ3) is 10.7. The molecule has 0 aromatic rings. The summed E-state index contributed by atoms with van der Waals surface area (Å²) in [5, 5.41) is 22.5. The Labute approximate surface area is 125 Å². The summed E-state index contributed by atoms with van der Waals surface area (Å²) < 4.78 is 0. The van der Waals surface area contributed by atoms with E-state index in [1.807, 2.05) is 13.8 Å². The minimum absolute atomic E-state index is 0.164. The third-order valence-electron chi connectivity index (χ3n) is 2.94. The Kier molecular flexibility index (Phi) is 12.5. The molecule has 0 radical (unpaired) electrons. The SMILES string of the molecule is CCN[C@@H](CC(N)=O)C(=O)O.CC[C@H](C)[C@H](NC)C(=O)O. The first kappa shape index (κ1) is 21.6. The van der Waals surface area contributed by atoms with E-state index in [0.717, 1.165) is 6.42 Å². The third-order valence-corrected chi connectivity index (χ3v) is 2.94. The normalized spacial score (nSPS) is 14.3. The fourth-order valence-corrected chi connectivity index (χ4v) is 1.58. The molecule has 0 aliphatic heterocycles. The van der Waals surface area contributed by atoms with Gasteiger partial charge >= 0.3 is 11.9 Å². The molecule has 6 N–H and O–H groups in total. The van der Waals surface area contributed by atoms with Crippen LogP contribution >= 0.6 is 0 Å². The van der Waals surface area contributed by atoms with E-state index in [-0.39, 0.29) is 12.3 Å². The number of hydrogen-bond donors (Lipinski definition) is 5. The summed E-state index contributed by atoms with van der Waals surface area (Å²) in [7, 11) is 1.67. The lowest BCUT2D eigenvalue weighted by Crippen LogP contribution is -2.39. The van der Waals surface area contributed by atoms with Gasteiger partial charge in [-0.3, -0.25) is 14.4 Å². The van der Waals surface area contributed by atoms with Crippen LogP contribution in [0.15, 0.2) is 0 Å². The van der Waals surface area contributed by atoms with Crippen molar-refractivity contribution in [2.45, 2.75) is 45.7 Å². The lowest BCUT2D eigenvalue weighted by molar-refractivity contribution is -0.141. The smallest absolute Gasteiger partial charge is 0.321 e. The topological polar surface area (TPSA) is 142 Å². The Bertz CT molecular complexity index is 336. The lowest BCUT2D eigenvalue weighted by Gasteiger charge is -2.16. The van der Waals surface area contributed by atoms with Gasteiger partial charge in [-0.2, -0.15) is 0 Å². The Hall–Kier alpha value is -1.67. The summed E-state index contributed by atoms with van der Waals surface area (Å²) in [5.74, 6) is -2.23. The maximum atomic E-state index is 10.5. The molecule has 0 fully saturated rings. The van der Waals surface area contributed by atoms with Crippen LogP contribution in [-0.4, -0.2) is 53.7 Å². The number of carboxylic acid groups (broad SMARTS) is 2. The number of nitrogens with two attached hydrogens (primary N) is 1. The highest BCUT2D eigenvalue weighted by Gasteiger charge is 2.20. The highest BCUT2D eigenvalue weighted by Crippen LogP contribution is 2.06. The van der Waals surface area contributed by atoms with Gasteiger partial charge in [0, 0.05) is 0 Å². The number of rotatable bonds is 9. The van der Waals surface area contributed by atoms with E-state index in [4.69, 9.17) is 15.9 Å². The van der Waals surface area contributed by atoms with Crippen molar-refractivity contribution in [1.82, 2.24) is 10.6 Å². The molecule has 0 aliphatic carbocycles. The van der Waals surface area contributed by atoms with Gasteiger partial charge in [0.1, 0.15) is 12.1 Å². The largest absolute Gasteiger partial charge is 0.480 e. The van der Waals surface area contributed by atoms with Gasteiger partial charge < -0.3 is 26.6 Å². The maximum absolute atomic E-state index is 10.5. The summed E-state index contributed by atoms with van der Waals surface area (Å²) in [6.07, 6.45) is 0.723. The molecule has 0 bridgehead atoms. The maximum Gasteiger partial charge on any atom is 0.321 e. The van der Waals surface area contributed by atoms with Gasteiger partial charge in [0.25, 0.3) is 0 Å². The van der Waals surface area contributed by atoms with Crippen molar-refractivity contribution in [2.24, 2.45) is 11.7 Å². The van der Waals surface area contributed by atoms with Crippen LogP contribution in [0.5, 0.6) is 0 Å². The zero-order valence-corrected chi connectivity index (χ0v) is 13.0. The fourth-order valence-electron chi connectivity index (χ4n) is 1.58. The number of aliphatic carboxylic acids is 2. The minimum Gasteiger partial charge on any atom is -0.480 e. The quantitative estimate of drug-likeness (QED) is 0.391. The van der Waals surface area contributed by atoms with Crippen LogP contribution in [-0.2, 0) is 14.4 Å². The Morgan fingerprint density at radius 1 is 1.14 bits per heavy atom. The average Bonchev–Trinajstić information content (AvgIpc) is 2.38. The van der Waals surface area contributed by atoms with Gasteiger partial charge in [-0.05, 0) is 19.5 Å². The number of carbonyl (C=O) groups excluding carboxylic acids is 1. The molecule has 0 saturated carbocycles. The number of primary amides is 1. The summed E-state index contributed by atoms with van der Waals surface area (Å²) in [5.41, 5.74) is 4.82. The summed E-state index contributed by atoms with van der Waals surface area (Å²) in [6.45, 7) is 6.18. The molecule has 21 heavy (non-hydrogen) atoms. The molecule has 0 aliphatic rings. The van der Waals surface area contributed by atoms with E-state index in [0.29, 0.717) is 6.54 Å². The molecule has 0 aromatic carbocycles. The number of carboxylic acids is 2. The Morgan fingerprint density at radius 2 is 1.67 bits per heavy atom. The van der Waals surface area contributed by atoms with Crippen LogP contribution in [0.1, 0.15) is 33.6 Å². The molecule has 0 rings (SSSR count). The van der Waals surface area contributed by atoms with Gasteiger partial charge in [-0.1, -0.05) is 27.2 Å². The Morgan fingerprint density at radius 3 is 1.86 bits per heavy atom. The van der Waals surface area contributed by atoms with Crippen LogP contribution in [0.3, 0.4) is 0 Å². The summed E-state index contributed by atoms with van der Waals surface area (Å²) in [4.78, 5) is 31.1. The lowest BCUT2D eigenvalue weighted by atomic mass is 10.00. The number of amides is 1. The van der Waals surface area contributed by atoms with E-state index in [1.54, 1.807) is 14.0 Å². The molecule has 0 spiro atoms. The second-order valence-electron chi connectivity index (χ2n) is 4.61. The highest BCUT2D eigenvalue weighted by molar-refractivity contribution is 5.83. The molecular formula is C13H27N3O5. The van der Waals surface area contributed by atoms with Crippen LogP contribution < -0.4 is 16.4 Å². The molecule has 0 saturated heterocycles. The highest BCUT2D eigenvalue weighted by atomic mass is 16.4. The second kappa shape index (κ2) is 12.1. The van der Waals surface area contributed by atoms with Crippen LogP contribution in [0.25, 0.3) is 0 Å². The van der Waals surface area contributed by atoms with Gasteiger partial charge in [-0.25, -0.2) is 0 Å². The van der Waals surface area contributed by atoms with E-state index in [1.165, 1.54) is 0 Å². The van der Waals surface area contributed by atoms with Gasteiger partial charge in [0.15, 0.2) is 0 Å². The van der Waals surface area contributed by atoms with E-state index < -0.39 is 29.9 Å². The van der Waals surface area contributed by atoms with Crippen molar-refractivity contribution >= 4 is 17.8 Å². The predicted molar refractivity (Wildman–Crippen MR) is 78.9 cm³/mol. The first-order chi connectivity index (χ1) is 9.70. The van der Waals surface area contributed by atoms with Crippen molar-refractivity contribution in [3.63, 3.8) is 0 Å². The molecule has 3 atom stereocenters. The van der Waals surface area contributed by atoms with E-state index in [9.17, 15) is 14.4 Å². The average molecular weight is 305 g/mol.